The van der Waals surface area contributed by atoms with Gasteiger partial charge in [-0.3, -0.25) is 4.79 Å². The number of amides is 1. The number of thiazole rings is 1. The van der Waals surface area contributed by atoms with Crippen LogP contribution in [0.15, 0.2) is 5.38 Å². The zero-order chi connectivity index (χ0) is 13.9. The van der Waals surface area contributed by atoms with Gasteiger partial charge in [0.1, 0.15) is 0 Å². The normalized spacial score (nSPS) is 26.9. The first-order valence-corrected chi connectivity index (χ1v) is 8.53. The standard InChI is InChI=1S/C15H23N3OS/c1-11-10-20-15(17-11)12-4-3-7-18(9-12)14(19)8-13-5-2-6-16-13/h10,12-13,16H,2-9H2,1H3. The van der Waals surface area contributed by atoms with Gasteiger partial charge in [-0.25, -0.2) is 4.98 Å². The molecular weight excluding hydrogens is 270 g/mol. The summed E-state index contributed by atoms with van der Waals surface area (Å²) in [6, 6.07) is 0.407. The average Bonchev–Trinajstić information content (AvgIpc) is 3.10. The van der Waals surface area contributed by atoms with Gasteiger partial charge < -0.3 is 10.2 Å². The van der Waals surface area contributed by atoms with Gasteiger partial charge in [-0.05, 0) is 39.2 Å². The predicted octanol–water partition coefficient (Wildman–Crippen LogP) is 2.30. The van der Waals surface area contributed by atoms with Gasteiger partial charge in [0, 0.05) is 42.5 Å². The minimum Gasteiger partial charge on any atom is -0.342 e. The molecule has 0 radical (unpaired) electrons. The molecule has 5 heteroatoms. The monoisotopic (exact) mass is 293 g/mol. The summed E-state index contributed by atoms with van der Waals surface area (Å²) in [5.74, 6) is 0.769. The number of piperidine rings is 1. The van der Waals surface area contributed by atoms with Crippen molar-refractivity contribution in [2.45, 2.75) is 51.0 Å². The van der Waals surface area contributed by atoms with Gasteiger partial charge in [-0.15, -0.1) is 11.3 Å². The molecule has 2 aliphatic rings. The van der Waals surface area contributed by atoms with Crippen LogP contribution in [0.4, 0.5) is 0 Å². The Morgan fingerprint density at radius 2 is 2.40 bits per heavy atom. The number of hydrogen-bond acceptors (Lipinski definition) is 4. The molecule has 0 aliphatic carbocycles. The summed E-state index contributed by atoms with van der Waals surface area (Å²) >= 11 is 1.74. The number of rotatable bonds is 3. The van der Waals surface area contributed by atoms with Crippen LogP contribution in [0.25, 0.3) is 0 Å². The van der Waals surface area contributed by atoms with Crippen LogP contribution in [0, 0.1) is 6.92 Å². The van der Waals surface area contributed by atoms with E-state index in [1.54, 1.807) is 11.3 Å². The molecule has 0 aromatic carbocycles. The smallest absolute Gasteiger partial charge is 0.224 e. The van der Waals surface area contributed by atoms with Gasteiger partial charge in [0.15, 0.2) is 0 Å². The first-order valence-electron chi connectivity index (χ1n) is 7.65. The molecule has 1 amide bonds. The van der Waals surface area contributed by atoms with E-state index in [4.69, 9.17) is 0 Å². The summed E-state index contributed by atoms with van der Waals surface area (Å²) in [5.41, 5.74) is 1.10. The lowest BCUT2D eigenvalue weighted by Crippen LogP contribution is -2.41. The largest absolute Gasteiger partial charge is 0.342 e. The van der Waals surface area contributed by atoms with Crippen LogP contribution < -0.4 is 5.32 Å². The van der Waals surface area contributed by atoms with E-state index in [1.807, 2.05) is 6.92 Å². The minimum absolute atomic E-state index is 0.322. The second kappa shape index (κ2) is 6.22. The Morgan fingerprint density at radius 3 is 3.10 bits per heavy atom. The van der Waals surface area contributed by atoms with Crippen molar-refractivity contribution in [3.8, 4) is 0 Å². The third kappa shape index (κ3) is 3.20. The Hall–Kier alpha value is -0.940. The molecule has 2 saturated heterocycles. The van der Waals surface area contributed by atoms with Crippen LogP contribution in [0.2, 0.25) is 0 Å². The maximum atomic E-state index is 12.4. The molecule has 110 valence electrons. The molecule has 1 aromatic heterocycles. The molecule has 2 aliphatic heterocycles. The topological polar surface area (TPSA) is 45.2 Å². The third-order valence-electron chi connectivity index (χ3n) is 4.34. The van der Waals surface area contributed by atoms with Crippen LogP contribution in [-0.4, -0.2) is 41.5 Å². The minimum atomic E-state index is 0.322. The molecular formula is C15H23N3OS. The summed E-state index contributed by atoms with van der Waals surface area (Å²) in [5, 5.41) is 6.73. The molecule has 0 bridgehead atoms. The van der Waals surface area contributed by atoms with E-state index in [1.165, 1.54) is 17.8 Å². The van der Waals surface area contributed by atoms with Crippen LogP contribution in [-0.2, 0) is 4.79 Å². The average molecular weight is 293 g/mol. The second-order valence-corrected chi connectivity index (χ2v) is 6.89. The number of aromatic nitrogens is 1. The van der Waals surface area contributed by atoms with Crippen molar-refractivity contribution >= 4 is 17.2 Å². The van der Waals surface area contributed by atoms with Crippen LogP contribution >= 0.6 is 11.3 Å². The van der Waals surface area contributed by atoms with E-state index in [0.717, 1.165) is 38.2 Å². The highest BCUT2D eigenvalue weighted by Crippen LogP contribution is 2.29. The van der Waals surface area contributed by atoms with Gasteiger partial charge in [-0.1, -0.05) is 0 Å². The van der Waals surface area contributed by atoms with E-state index in [-0.39, 0.29) is 0 Å². The van der Waals surface area contributed by atoms with E-state index in [0.29, 0.717) is 24.3 Å². The summed E-state index contributed by atoms with van der Waals surface area (Å²) in [6.45, 7) is 4.89. The van der Waals surface area contributed by atoms with Crippen molar-refractivity contribution in [3.63, 3.8) is 0 Å². The molecule has 0 saturated carbocycles. The molecule has 2 fully saturated rings. The van der Waals surface area contributed by atoms with Gasteiger partial charge in [0.05, 0.1) is 5.01 Å². The van der Waals surface area contributed by atoms with Crippen molar-refractivity contribution in [2.24, 2.45) is 0 Å². The van der Waals surface area contributed by atoms with E-state index < -0.39 is 0 Å². The number of likely N-dealkylation sites (tertiary alicyclic amines) is 1. The lowest BCUT2D eigenvalue weighted by atomic mass is 9.98. The molecule has 20 heavy (non-hydrogen) atoms. The van der Waals surface area contributed by atoms with Crippen molar-refractivity contribution in [2.75, 3.05) is 19.6 Å². The quantitative estimate of drug-likeness (QED) is 0.930. The Morgan fingerprint density at radius 1 is 1.50 bits per heavy atom. The second-order valence-electron chi connectivity index (χ2n) is 6.00. The molecule has 2 unspecified atom stereocenters. The first kappa shape index (κ1) is 14.0. The maximum absolute atomic E-state index is 12.4. The van der Waals surface area contributed by atoms with Crippen molar-refractivity contribution in [1.29, 1.82) is 0 Å². The molecule has 0 spiro atoms. The summed E-state index contributed by atoms with van der Waals surface area (Å²) in [6.07, 6.45) is 5.29. The zero-order valence-corrected chi connectivity index (χ0v) is 12.9. The van der Waals surface area contributed by atoms with Crippen molar-refractivity contribution in [1.82, 2.24) is 15.2 Å². The fourth-order valence-electron chi connectivity index (χ4n) is 3.24. The molecule has 1 aromatic rings. The highest BCUT2D eigenvalue weighted by molar-refractivity contribution is 7.09. The number of nitrogens with zero attached hydrogens (tertiary/aromatic N) is 2. The van der Waals surface area contributed by atoms with E-state index >= 15 is 0 Å². The molecule has 3 heterocycles. The number of nitrogens with one attached hydrogen (secondary N) is 1. The number of aryl methyl sites for hydroxylation is 1. The van der Waals surface area contributed by atoms with E-state index in [2.05, 4.69) is 20.6 Å². The van der Waals surface area contributed by atoms with Crippen LogP contribution in [0.5, 0.6) is 0 Å². The molecule has 2 atom stereocenters. The lowest BCUT2D eigenvalue weighted by Gasteiger charge is -2.32. The van der Waals surface area contributed by atoms with Gasteiger partial charge in [0.2, 0.25) is 5.91 Å². The highest BCUT2D eigenvalue weighted by atomic mass is 32.1. The maximum Gasteiger partial charge on any atom is 0.224 e. The van der Waals surface area contributed by atoms with Crippen molar-refractivity contribution < 1.29 is 4.79 Å². The number of carbonyl (C=O) groups is 1. The first-order chi connectivity index (χ1) is 9.72. The highest BCUT2D eigenvalue weighted by Gasteiger charge is 2.28. The predicted molar refractivity (Wildman–Crippen MR) is 81.0 cm³/mol. The fraction of sp³-hybridized carbons (Fsp3) is 0.733. The Bertz CT molecular complexity index is 467. The van der Waals surface area contributed by atoms with Gasteiger partial charge in [-0.2, -0.15) is 0 Å². The van der Waals surface area contributed by atoms with Crippen LogP contribution in [0.3, 0.4) is 0 Å². The Balaban J connectivity index is 1.58. The molecule has 3 rings (SSSR count). The number of carbonyl (C=O) groups excluding carboxylic acids is 1. The third-order valence-corrected chi connectivity index (χ3v) is 5.47. The number of hydrogen-bond donors (Lipinski definition) is 1. The molecule has 1 N–H and O–H groups in total. The van der Waals surface area contributed by atoms with Gasteiger partial charge in [0.25, 0.3) is 0 Å². The fourth-order valence-corrected chi connectivity index (χ4v) is 4.16. The van der Waals surface area contributed by atoms with Crippen LogP contribution in [0.1, 0.15) is 48.7 Å². The lowest BCUT2D eigenvalue weighted by molar-refractivity contribution is -0.132. The van der Waals surface area contributed by atoms with E-state index in [9.17, 15) is 4.79 Å². The van der Waals surface area contributed by atoms with Gasteiger partial charge >= 0.3 is 0 Å². The zero-order valence-electron chi connectivity index (χ0n) is 12.1. The molecule has 4 nitrogen and oxygen atoms in total. The SMILES string of the molecule is Cc1csc(C2CCCN(C(=O)CC3CCCN3)C2)n1. The Labute approximate surface area is 124 Å². The van der Waals surface area contributed by atoms with Crippen molar-refractivity contribution in [3.05, 3.63) is 16.1 Å². The summed E-state index contributed by atoms with van der Waals surface area (Å²) in [7, 11) is 0. The summed E-state index contributed by atoms with van der Waals surface area (Å²) < 4.78 is 0. The summed E-state index contributed by atoms with van der Waals surface area (Å²) in [4.78, 5) is 19.1. The Kier molecular flexibility index (Phi) is 4.36.